The smallest absolute Gasteiger partial charge is 0.344 e. The summed E-state index contributed by atoms with van der Waals surface area (Å²) in [7, 11) is 4.94. The van der Waals surface area contributed by atoms with Gasteiger partial charge in [-0.1, -0.05) is 56.4 Å². The van der Waals surface area contributed by atoms with Crippen molar-refractivity contribution in [1.82, 2.24) is 14.8 Å². The number of allylic oxidation sites excluding steroid dienone is 1. The van der Waals surface area contributed by atoms with E-state index in [0.29, 0.717) is 50.9 Å². The van der Waals surface area contributed by atoms with Crippen LogP contribution in [-0.2, 0) is 36.3 Å². The predicted molar refractivity (Wildman–Crippen MR) is 223 cm³/mol. The molecule has 1 saturated carbocycles. The standard InChI is InChI=1S/C47H60N4O7/c1-9-43(54)24-30-25-46(28(3)4,38-32(16-20-50(26-30)27-43)31-14-11-12-15-35(31)48-38)34-22-33-36(23-37(34)56-7)49(6)40-45(33)18-21-51-19-13-17-44(10-2,39(45)51)41(58-29(5)52)47(40,55)42(53)57-8/h11-15,17,22-23,30,39-41,48,54-55H,3,9-10,16,18-21,24-27H2,1-2,4-8H3/t30-,39-,40+,41+,43-,44+,45+,46-,47-/m0/s1. The molecule has 1 aromatic heterocycles. The molecule has 310 valence electrons. The molecule has 11 heteroatoms. The number of carbonyl (C=O) groups excluding carboxylic acids is 2. The van der Waals surface area contributed by atoms with Gasteiger partial charge < -0.3 is 34.3 Å². The number of methoxy groups -OCH3 is 2. The molecule has 58 heavy (non-hydrogen) atoms. The average Bonchev–Trinajstić information content (AvgIpc) is 3.87. The van der Waals surface area contributed by atoms with Crippen molar-refractivity contribution in [3.8, 4) is 5.75 Å². The Morgan fingerprint density at radius 2 is 1.79 bits per heavy atom. The number of fused-ring (bicyclic) bond motifs is 6. The predicted octanol–water partition coefficient (Wildman–Crippen LogP) is 5.39. The van der Waals surface area contributed by atoms with Crippen molar-refractivity contribution in [2.75, 3.05) is 58.9 Å². The normalized spacial score (nSPS) is 37.5. The van der Waals surface area contributed by atoms with Gasteiger partial charge in [-0.3, -0.25) is 14.6 Å². The number of carbonyl (C=O) groups is 2. The number of benzene rings is 2. The zero-order valence-electron chi connectivity index (χ0n) is 35.2. The van der Waals surface area contributed by atoms with Gasteiger partial charge in [-0.25, -0.2) is 4.79 Å². The first-order chi connectivity index (χ1) is 27.7. The SMILES string of the molecule is C=C(C)[C@]1(c2cc3c(cc2OC)N(C)[C@H]2[C@@](O)(C(=O)OC)[C@H](OC(C)=O)[C@]4(CC)C=CCN5CC[C@]32[C@@H]54)C[C@H]2CN(CCc3c1[nH]c1ccccc31)C[C@](O)(CC)C2. The van der Waals surface area contributed by atoms with E-state index in [2.05, 4.69) is 84.1 Å². The van der Waals surface area contributed by atoms with E-state index in [-0.39, 0.29) is 12.0 Å². The van der Waals surface area contributed by atoms with Gasteiger partial charge in [0.05, 0.1) is 31.3 Å². The molecule has 3 aromatic rings. The summed E-state index contributed by atoms with van der Waals surface area (Å²) >= 11 is 0. The van der Waals surface area contributed by atoms with Crippen LogP contribution in [-0.4, -0.2) is 120 Å². The number of anilines is 1. The minimum Gasteiger partial charge on any atom is -0.496 e. The molecule has 9 rings (SSSR count). The second-order valence-corrected chi connectivity index (χ2v) is 18.5. The van der Waals surface area contributed by atoms with Gasteiger partial charge in [0.1, 0.15) is 5.75 Å². The maximum absolute atomic E-state index is 14.4. The highest BCUT2D eigenvalue weighted by Crippen LogP contribution is 2.68. The van der Waals surface area contributed by atoms with Crippen molar-refractivity contribution in [1.29, 1.82) is 0 Å². The van der Waals surface area contributed by atoms with Gasteiger partial charge in [-0.15, -0.1) is 0 Å². The van der Waals surface area contributed by atoms with E-state index in [1.54, 1.807) is 7.11 Å². The number of nitrogens with one attached hydrogen (secondary N) is 1. The summed E-state index contributed by atoms with van der Waals surface area (Å²) < 4.78 is 18.2. The van der Waals surface area contributed by atoms with Gasteiger partial charge in [0.2, 0.25) is 5.60 Å². The van der Waals surface area contributed by atoms with Crippen LogP contribution < -0.4 is 9.64 Å². The van der Waals surface area contributed by atoms with Crippen LogP contribution in [0.1, 0.15) is 82.2 Å². The molecule has 5 aliphatic heterocycles. The van der Waals surface area contributed by atoms with Crippen LogP contribution in [0.25, 0.3) is 10.9 Å². The molecule has 6 heterocycles. The number of H-pyrrole nitrogens is 1. The molecule has 2 bridgehead atoms. The van der Waals surface area contributed by atoms with Gasteiger partial charge in [0.15, 0.2) is 6.10 Å². The van der Waals surface area contributed by atoms with Crippen LogP contribution >= 0.6 is 0 Å². The van der Waals surface area contributed by atoms with Crippen LogP contribution in [0.4, 0.5) is 5.69 Å². The third-order valence-corrected chi connectivity index (χ3v) is 15.8. The fourth-order valence-electron chi connectivity index (χ4n) is 13.7. The maximum atomic E-state index is 14.4. The Morgan fingerprint density at radius 3 is 2.48 bits per heavy atom. The van der Waals surface area contributed by atoms with Gasteiger partial charge in [-0.2, -0.15) is 0 Å². The lowest BCUT2D eigenvalue weighted by atomic mass is 9.47. The highest BCUT2D eigenvalue weighted by molar-refractivity contribution is 5.88. The number of hydrogen-bond acceptors (Lipinski definition) is 10. The number of aliphatic hydroxyl groups is 2. The van der Waals surface area contributed by atoms with Crippen LogP contribution in [0.3, 0.4) is 0 Å². The largest absolute Gasteiger partial charge is 0.496 e. The number of rotatable bonds is 7. The molecule has 3 fully saturated rings. The molecular weight excluding hydrogens is 733 g/mol. The third kappa shape index (κ3) is 4.99. The summed E-state index contributed by atoms with van der Waals surface area (Å²) in [5, 5.41) is 26.5. The molecular formula is C47H60N4O7. The third-order valence-electron chi connectivity index (χ3n) is 15.8. The number of ether oxygens (including phenoxy) is 3. The lowest BCUT2D eigenvalue weighted by Crippen LogP contribution is -2.81. The summed E-state index contributed by atoms with van der Waals surface area (Å²) in [6.07, 6.45) is 7.04. The highest BCUT2D eigenvalue weighted by atomic mass is 16.6. The van der Waals surface area contributed by atoms with Gasteiger partial charge >= 0.3 is 11.9 Å². The Labute approximate surface area is 342 Å². The second-order valence-electron chi connectivity index (χ2n) is 18.5. The summed E-state index contributed by atoms with van der Waals surface area (Å²) in [5.74, 6) is -0.557. The van der Waals surface area contributed by atoms with Crippen LogP contribution in [0.15, 0.2) is 60.7 Å². The number of para-hydroxylation sites is 1. The quantitative estimate of drug-likeness (QED) is 0.212. The molecule has 2 aromatic carbocycles. The van der Waals surface area contributed by atoms with Crippen LogP contribution in [0.5, 0.6) is 5.75 Å². The number of hydrogen-bond donors (Lipinski definition) is 3. The van der Waals surface area contributed by atoms with Crippen molar-refractivity contribution >= 4 is 28.5 Å². The van der Waals surface area contributed by atoms with Crippen molar-refractivity contribution < 1.29 is 34.0 Å². The molecule has 11 nitrogen and oxygen atoms in total. The van der Waals surface area contributed by atoms with Crippen molar-refractivity contribution in [3.05, 3.63) is 83.1 Å². The minimum absolute atomic E-state index is 0.140. The zero-order chi connectivity index (χ0) is 41.2. The van der Waals surface area contributed by atoms with E-state index >= 15 is 0 Å². The number of likely N-dealkylation sites (N-methyl/N-ethyl adjacent to an activating group) is 1. The minimum atomic E-state index is -2.23. The van der Waals surface area contributed by atoms with Gasteiger partial charge in [-0.05, 0) is 81.2 Å². The molecule has 3 N–H and O–H groups in total. The number of aromatic nitrogens is 1. The summed E-state index contributed by atoms with van der Waals surface area (Å²) in [5.41, 5.74) is 1.78. The van der Waals surface area contributed by atoms with E-state index in [9.17, 15) is 19.8 Å². The van der Waals surface area contributed by atoms with E-state index in [1.165, 1.54) is 25.0 Å². The van der Waals surface area contributed by atoms with E-state index in [4.69, 9.17) is 20.8 Å². The number of aromatic amines is 1. The molecule has 6 aliphatic rings. The molecule has 0 amide bonds. The van der Waals surface area contributed by atoms with Crippen LogP contribution in [0.2, 0.25) is 0 Å². The number of esters is 2. The second kappa shape index (κ2) is 13.4. The van der Waals surface area contributed by atoms with Crippen molar-refractivity contribution in [2.45, 2.75) is 106 Å². The lowest BCUT2D eigenvalue weighted by molar-refractivity contribution is -0.228. The molecule has 1 unspecified atom stereocenters. The zero-order valence-corrected chi connectivity index (χ0v) is 35.2. The molecule has 1 aliphatic carbocycles. The molecule has 0 radical (unpaired) electrons. The lowest BCUT2D eigenvalue weighted by Gasteiger charge is -2.63. The Bertz CT molecular complexity index is 2230. The Hall–Kier alpha value is -4.16. The summed E-state index contributed by atoms with van der Waals surface area (Å²) in [6.45, 7) is 16.2. The molecule has 2 saturated heterocycles. The summed E-state index contributed by atoms with van der Waals surface area (Å²) in [6, 6.07) is 11.9. The van der Waals surface area contributed by atoms with E-state index < -0.39 is 51.5 Å². The van der Waals surface area contributed by atoms with E-state index in [0.717, 1.165) is 59.7 Å². The molecule has 10 atom stereocenters. The maximum Gasteiger partial charge on any atom is 0.344 e. The first-order valence-electron chi connectivity index (χ1n) is 21.3. The Morgan fingerprint density at radius 1 is 1.02 bits per heavy atom. The van der Waals surface area contributed by atoms with Gasteiger partial charge in [0.25, 0.3) is 0 Å². The summed E-state index contributed by atoms with van der Waals surface area (Å²) in [4.78, 5) is 38.3. The Balaban J connectivity index is 1.35. The fourth-order valence-corrected chi connectivity index (χ4v) is 13.7. The number of piperidine rings is 1. The van der Waals surface area contributed by atoms with Gasteiger partial charge in [0, 0.05) is 90.9 Å². The van der Waals surface area contributed by atoms with Crippen molar-refractivity contribution in [2.24, 2.45) is 11.3 Å². The van der Waals surface area contributed by atoms with E-state index in [1.807, 2.05) is 11.9 Å². The molecule has 1 spiro atoms. The monoisotopic (exact) mass is 792 g/mol. The Kier molecular flexibility index (Phi) is 9.10. The van der Waals surface area contributed by atoms with Crippen molar-refractivity contribution in [3.63, 3.8) is 0 Å². The topological polar surface area (TPSA) is 128 Å². The highest BCUT2D eigenvalue weighted by Gasteiger charge is 2.80. The average molecular weight is 793 g/mol. The number of nitrogens with zero attached hydrogens (tertiary/aromatic N) is 3. The fraction of sp³-hybridized carbons (Fsp3) is 0.574. The first kappa shape index (κ1) is 39.3. The first-order valence-corrected chi connectivity index (χ1v) is 21.3. The van der Waals surface area contributed by atoms with Crippen LogP contribution in [0, 0.1) is 11.3 Å².